The van der Waals surface area contributed by atoms with Crippen LogP contribution in [0.3, 0.4) is 0 Å². The predicted octanol–water partition coefficient (Wildman–Crippen LogP) is 7.82. The van der Waals surface area contributed by atoms with Gasteiger partial charge in [-0.25, -0.2) is 0 Å². The summed E-state index contributed by atoms with van der Waals surface area (Å²) in [6.45, 7) is 6.89. The van der Waals surface area contributed by atoms with Gasteiger partial charge in [0.2, 0.25) is 0 Å². The van der Waals surface area contributed by atoms with Gasteiger partial charge in [0.15, 0.2) is 0 Å². The quantitative estimate of drug-likeness (QED) is 0.212. The molecular formula is C20H40. The molecule has 0 aliphatic heterocycles. The summed E-state index contributed by atoms with van der Waals surface area (Å²) < 4.78 is 0. The van der Waals surface area contributed by atoms with Crippen LogP contribution in [-0.4, -0.2) is 0 Å². The molecule has 0 aliphatic carbocycles. The highest BCUT2D eigenvalue weighted by Gasteiger charge is 1.99. The van der Waals surface area contributed by atoms with Gasteiger partial charge in [0.05, 0.1) is 0 Å². The van der Waals surface area contributed by atoms with Gasteiger partial charge in [-0.2, -0.15) is 0 Å². The smallest absolute Gasteiger partial charge is 0.0320 e. The van der Waals surface area contributed by atoms with Crippen LogP contribution in [0, 0.1) is 0 Å². The van der Waals surface area contributed by atoms with Gasteiger partial charge in [-0.3, -0.25) is 0 Å². The molecule has 0 heterocycles. The van der Waals surface area contributed by atoms with Crippen LogP contribution in [0.1, 0.15) is 117 Å². The van der Waals surface area contributed by atoms with Crippen LogP contribution < -0.4 is 0 Å². The van der Waals surface area contributed by atoms with E-state index in [2.05, 4.69) is 26.8 Å². The minimum atomic E-state index is 1.33. The van der Waals surface area contributed by atoms with Gasteiger partial charge in [0.1, 0.15) is 0 Å². The fraction of sp³-hybridized carbons (Fsp3) is 0.900. The molecule has 0 rings (SSSR count). The van der Waals surface area contributed by atoms with E-state index in [4.69, 9.17) is 0 Å². The van der Waals surface area contributed by atoms with E-state index in [0.29, 0.717) is 0 Å². The molecule has 0 saturated carbocycles. The van der Waals surface area contributed by atoms with E-state index in [-0.39, 0.29) is 0 Å². The fourth-order valence-corrected chi connectivity index (χ4v) is 2.76. The highest BCUT2D eigenvalue weighted by Crippen LogP contribution is 2.19. The van der Waals surface area contributed by atoms with Gasteiger partial charge in [0.25, 0.3) is 0 Å². The molecule has 0 bridgehead atoms. The van der Waals surface area contributed by atoms with Crippen molar-refractivity contribution in [3.8, 4) is 0 Å². The Kier molecular flexibility index (Phi) is 16.6. The van der Waals surface area contributed by atoms with Crippen LogP contribution >= 0.6 is 0 Å². The summed E-state index contributed by atoms with van der Waals surface area (Å²) in [7, 11) is 0. The maximum absolute atomic E-state index is 2.58. The molecular weight excluding hydrogens is 240 g/mol. The number of hydrogen-bond donors (Lipinski definition) is 0. The topological polar surface area (TPSA) is 0 Å². The molecule has 0 fully saturated rings. The number of rotatable bonds is 15. The second kappa shape index (κ2) is 16.8. The summed E-state index contributed by atoms with van der Waals surface area (Å²) >= 11 is 0. The van der Waals surface area contributed by atoms with Crippen molar-refractivity contribution in [2.45, 2.75) is 117 Å². The van der Waals surface area contributed by atoms with Gasteiger partial charge in [0, 0.05) is 0 Å². The SMILES string of the molecule is CCCCCC=C(CCCCCC)CCCCCCC. The zero-order valence-electron chi connectivity index (χ0n) is 14.7. The van der Waals surface area contributed by atoms with Gasteiger partial charge < -0.3 is 0 Å². The third kappa shape index (κ3) is 14.2. The van der Waals surface area contributed by atoms with Gasteiger partial charge in [-0.05, 0) is 38.5 Å². The van der Waals surface area contributed by atoms with Crippen molar-refractivity contribution >= 4 is 0 Å². The van der Waals surface area contributed by atoms with E-state index in [9.17, 15) is 0 Å². The zero-order valence-corrected chi connectivity index (χ0v) is 14.7. The Morgan fingerprint density at radius 1 is 0.550 bits per heavy atom. The molecule has 0 amide bonds. The van der Waals surface area contributed by atoms with E-state index in [1.165, 1.54) is 96.3 Å². The highest BCUT2D eigenvalue weighted by atomic mass is 14.1. The van der Waals surface area contributed by atoms with E-state index in [1.807, 2.05) is 0 Å². The predicted molar refractivity (Wildman–Crippen MR) is 94.4 cm³/mol. The molecule has 120 valence electrons. The lowest BCUT2D eigenvalue weighted by Crippen LogP contribution is -1.88. The van der Waals surface area contributed by atoms with Crippen LogP contribution in [0.4, 0.5) is 0 Å². The maximum atomic E-state index is 2.58. The molecule has 0 nitrogen and oxygen atoms in total. The van der Waals surface area contributed by atoms with Crippen molar-refractivity contribution in [1.29, 1.82) is 0 Å². The van der Waals surface area contributed by atoms with E-state index in [1.54, 1.807) is 5.57 Å². The summed E-state index contributed by atoms with van der Waals surface area (Å²) in [4.78, 5) is 0. The van der Waals surface area contributed by atoms with Crippen molar-refractivity contribution in [3.63, 3.8) is 0 Å². The second-order valence-corrected chi connectivity index (χ2v) is 6.33. The third-order valence-electron chi connectivity index (χ3n) is 4.19. The third-order valence-corrected chi connectivity index (χ3v) is 4.19. The van der Waals surface area contributed by atoms with Crippen LogP contribution in [-0.2, 0) is 0 Å². The average Bonchev–Trinajstić information content (AvgIpc) is 2.47. The Bertz CT molecular complexity index is 202. The number of unbranched alkanes of at least 4 members (excludes halogenated alkanes) is 10. The van der Waals surface area contributed by atoms with E-state index in [0.717, 1.165) is 0 Å². The monoisotopic (exact) mass is 280 g/mol. The van der Waals surface area contributed by atoms with Crippen LogP contribution in [0.25, 0.3) is 0 Å². The standard InChI is InChI=1S/C20H40/c1-4-7-10-13-16-19-20(17-14-11-8-5-2)18-15-12-9-6-3/h17H,4-16,18-19H2,1-3H3. The highest BCUT2D eigenvalue weighted by molar-refractivity contribution is 5.01. The molecule has 0 N–H and O–H groups in total. The van der Waals surface area contributed by atoms with Crippen molar-refractivity contribution in [2.24, 2.45) is 0 Å². The molecule has 0 aromatic carbocycles. The molecule has 0 aliphatic rings. The number of allylic oxidation sites excluding steroid dienone is 2. The minimum absolute atomic E-state index is 1.33. The molecule has 0 heteroatoms. The Morgan fingerprint density at radius 3 is 1.55 bits per heavy atom. The van der Waals surface area contributed by atoms with Gasteiger partial charge >= 0.3 is 0 Å². The van der Waals surface area contributed by atoms with E-state index < -0.39 is 0 Å². The van der Waals surface area contributed by atoms with Crippen molar-refractivity contribution in [3.05, 3.63) is 11.6 Å². The summed E-state index contributed by atoms with van der Waals surface area (Å²) in [5.41, 5.74) is 1.77. The first-order valence-electron chi connectivity index (χ1n) is 9.53. The lowest BCUT2D eigenvalue weighted by molar-refractivity contribution is 0.606. The Hall–Kier alpha value is -0.260. The molecule has 20 heavy (non-hydrogen) atoms. The van der Waals surface area contributed by atoms with Crippen LogP contribution in [0.2, 0.25) is 0 Å². The van der Waals surface area contributed by atoms with Crippen LogP contribution in [0.5, 0.6) is 0 Å². The molecule has 0 aromatic rings. The van der Waals surface area contributed by atoms with Gasteiger partial charge in [-0.1, -0.05) is 90.2 Å². The first kappa shape index (κ1) is 19.7. The van der Waals surface area contributed by atoms with Crippen molar-refractivity contribution in [1.82, 2.24) is 0 Å². The molecule has 0 atom stereocenters. The normalized spacial score (nSPS) is 12.1. The van der Waals surface area contributed by atoms with Crippen molar-refractivity contribution in [2.75, 3.05) is 0 Å². The Balaban J connectivity index is 3.84. The lowest BCUT2D eigenvalue weighted by Gasteiger charge is -2.08. The number of hydrogen-bond acceptors (Lipinski definition) is 0. The fourth-order valence-electron chi connectivity index (χ4n) is 2.76. The molecule has 0 radical (unpaired) electrons. The molecule has 0 unspecified atom stereocenters. The van der Waals surface area contributed by atoms with Gasteiger partial charge in [-0.15, -0.1) is 0 Å². The summed E-state index contributed by atoms with van der Waals surface area (Å²) in [6.07, 6.45) is 23.5. The van der Waals surface area contributed by atoms with Crippen molar-refractivity contribution < 1.29 is 0 Å². The average molecular weight is 281 g/mol. The Morgan fingerprint density at radius 2 is 1.00 bits per heavy atom. The first-order valence-corrected chi connectivity index (χ1v) is 9.53. The summed E-state index contributed by atoms with van der Waals surface area (Å²) in [5, 5.41) is 0. The lowest BCUT2D eigenvalue weighted by atomic mass is 9.98. The maximum Gasteiger partial charge on any atom is -0.0320 e. The molecule has 0 spiro atoms. The van der Waals surface area contributed by atoms with E-state index >= 15 is 0 Å². The largest absolute Gasteiger partial charge is 0.0853 e. The zero-order chi connectivity index (χ0) is 14.9. The summed E-state index contributed by atoms with van der Waals surface area (Å²) in [5.74, 6) is 0. The molecule has 0 saturated heterocycles. The Labute approximate surface area is 129 Å². The molecule has 0 aromatic heterocycles. The second-order valence-electron chi connectivity index (χ2n) is 6.33. The minimum Gasteiger partial charge on any atom is -0.0853 e. The first-order chi connectivity index (χ1) is 9.85. The summed E-state index contributed by atoms with van der Waals surface area (Å²) in [6, 6.07) is 0. The van der Waals surface area contributed by atoms with Crippen LogP contribution in [0.15, 0.2) is 11.6 Å².